The number of hydrogen-bond acceptors (Lipinski definition) is 5. The molecule has 1 N–H and O–H groups in total. The minimum absolute atomic E-state index is 0.0315. The molecule has 0 heterocycles. The highest BCUT2D eigenvalue weighted by Gasteiger charge is 2.13. The van der Waals surface area contributed by atoms with Gasteiger partial charge in [0.05, 0.1) is 5.69 Å². The monoisotopic (exact) mass is 385 g/mol. The van der Waals surface area contributed by atoms with Crippen LogP contribution >= 0.6 is 11.6 Å². The summed E-state index contributed by atoms with van der Waals surface area (Å²) in [7, 11) is 0. The molecule has 6 nitrogen and oxygen atoms in total. The van der Waals surface area contributed by atoms with Crippen molar-refractivity contribution in [3.8, 4) is 11.5 Å². The van der Waals surface area contributed by atoms with Gasteiger partial charge in [0.25, 0.3) is 5.91 Å². The second-order valence-corrected chi connectivity index (χ2v) is 5.27. The molecule has 2 rings (SSSR count). The highest BCUT2D eigenvalue weighted by molar-refractivity contribution is 6.30. The van der Waals surface area contributed by atoms with Gasteiger partial charge in [0.15, 0.2) is 13.2 Å². The summed E-state index contributed by atoms with van der Waals surface area (Å²) in [4.78, 5) is 23.4. The van der Waals surface area contributed by atoms with Gasteiger partial charge in [0, 0.05) is 5.02 Å². The molecule has 138 valence electrons. The maximum atomic E-state index is 12.3. The van der Waals surface area contributed by atoms with Gasteiger partial charge in [-0.2, -0.15) is 8.78 Å². The summed E-state index contributed by atoms with van der Waals surface area (Å²) in [6.07, 6.45) is 0. The maximum Gasteiger partial charge on any atom is 0.387 e. The highest BCUT2D eigenvalue weighted by atomic mass is 35.5. The number of para-hydroxylation sites is 2. The number of halogens is 3. The fourth-order valence-corrected chi connectivity index (χ4v) is 2.02. The Hall–Kier alpha value is -2.87. The first-order valence-corrected chi connectivity index (χ1v) is 7.69. The van der Waals surface area contributed by atoms with E-state index in [-0.39, 0.29) is 11.4 Å². The van der Waals surface area contributed by atoms with Gasteiger partial charge in [-0.05, 0) is 30.3 Å². The van der Waals surface area contributed by atoms with Crippen molar-refractivity contribution in [2.45, 2.75) is 6.61 Å². The van der Waals surface area contributed by atoms with Crippen LogP contribution in [0.15, 0.2) is 48.5 Å². The smallest absolute Gasteiger partial charge is 0.387 e. The second-order valence-electron chi connectivity index (χ2n) is 4.83. The lowest BCUT2D eigenvalue weighted by Gasteiger charge is -2.12. The summed E-state index contributed by atoms with van der Waals surface area (Å²) in [6.45, 7) is -4.06. The number of benzene rings is 2. The van der Waals surface area contributed by atoms with Gasteiger partial charge in [-0.1, -0.05) is 29.8 Å². The number of carbonyl (C=O) groups excluding carboxylic acids is 2. The van der Waals surface area contributed by atoms with Crippen molar-refractivity contribution in [2.24, 2.45) is 0 Å². The Morgan fingerprint density at radius 3 is 2.58 bits per heavy atom. The summed E-state index contributed by atoms with van der Waals surface area (Å²) in [5, 5.41) is 2.76. The molecule has 0 aliphatic heterocycles. The van der Waals surface area contributed by atoms with Crippen molar-refractivity contribution >= 4 is 29.2 Å². The van der Waals surface area contributed by atoms with Gasteiger partial charge in [-0.25, -0.2) is 4.79 Å². The van der Waals surface area contributed by atoms with E-state index in [4.69, 9.17) is 21.1 Å². The molecule has 0 unspecified atom stereocenters. The third kappa shape index (κ3) is 6.56. The summed E-state index contributed by atoms with van der Waals surface area (Å²) >= 11 is 5.78. The van der Waals surface area contributed by atoms with Gasteiger partial charge in [0.1, 0.15) is 11.5 Å². The van der Waals surface area contributed by atoms with Gasteiger partial charge in [-0.15, -0.1) is 0 Å². The number of esters is 1. The standard InChI is InChI=1S/C17H14ClF2NO5/c18-11-4-3-5-12(8-11)24-10-16(23)25-9-15(22)21-13-6-1-2-7-14(13)26-17(19)20/h1-8,17H,9-10H2,(H,21,22). The fraction of sp³-hybridized carbons (Fsp3) is 0.176. The predicted octanol–water partition coefficient (Wildman–Crippen LogP) is 3.50. The van der Waals surface area contributed by atoms with Crippen LogP contribution in [0, 0.1) is 0 Å². The SMILES string of the molecule is O=C(COC(=O)COc1cccc(Cl)c1)Nc1ccccc1OC(F)F. The van der Waals surface area contributed by atoms with Crippen LogP contribution in [0.25, 0.3) is 0 Å². The summed E-state index contributed by atoms with van der Waals surface area (Å²) in [6, 6.07) is 12.1. The zero-order chi connectivity index (χ0) is 18.9. The molecule has 2 aromatic rings. The number of rotatable bonds is 8. The van der Waals surface area contributed by atoms with E-state index in [1.54, 1.807) is 18.2 Å². The molecule has 0 fully saturated rings. The number of carbonyl (C=O) groups is 2. The van der Waals surface area contributed by atoms with Crippen LogP contribution < -0.4 is 14.8 Å². The molecule has 26 heavy (non-hydrogen) atoms. The molecule has 0 saturated heterocycles. The lowest BCUT2D eigenvalue weighted by Crippen LogP contribution is -2.24. The highest BCUT2D eigenvalue weighted by Crippen LogP contribution is 2.25. The average molecular weight is 386 g/mol. The van der Waals surface area contributed by atoms with Crippen LogP contribution in [-0.2, 0) is 14.3 Å². The quantitative estimate of drug-likeness (QED) is 0.704. The van der Waals surface area contributed by atoms with Crippen molar-refractivity contribution < 1.29 is 32.6 Å². The van der Waals surface area contributed by atoms with Crippen molar-refractivity contribution in [2.75, 3.05) is 18.5 Å². The molecule has 0 radical (unpaired) electrons. The van der Waals surface area contributed by atoms with Crippen LogP contribution in [0.3, 0.4) is 0 Å². The van der Waals surface area contributed by atoms with Gasteiger partial charge in [0.2, 0.25) is 0 Å². The second kappa shape index (κ2) is 9.57. The van der Waals surface area contributed by atoms with E-state index in [1.165, 1.54) is 30.3 Å². The number of hydrogen-bond donors (Lipinski definition) is 1. The van der Waals surface area contributed by atoms with Crippen molar-refractivity contribution in [1.82, 2.24) is 0 Å². The number of anilines is 1. The molecule has 0 atom stereocenters. The van der Waals surface area contributed by atoms with Crippen molar-refractivity contribution in [3.05, 3.63) is 53.6 Å². The van der Waals surface area contributed by atoms with Crippen LogP contribution in [0.5, 0.6) is 11.5 Å². The topological polar surface area (TPSA) is 73.9 Å². The summed E-state index contributed by atoms with van der Waals surface area (Å²) in [5.74, 6) is -1.33. The molecule has 0 spiro atoms. The van der Waals surface area contributed by atoms with Crippen LogP contribution in [-0.4, -0.2) is 31.7 Å². The van der Waals surface area contributed by atoms with E-state index in [2.05, 4.69) is 10.1 Å². The molecule has 0 saturated carbocycles. The van der Waals surface area contributed by atoms with E-state index < -0.39 is 31.7 Å². The third-order valence-electron chi connectivity index (χ3n) is 2.89. The lowest BCUT2D eigenvalue weighted by molar-refractivity contribution is -0.149. The average Bonchev–Trinajstić information content (AvgIpc) is 2.59. The van der Waals surface area contributed by atoms with Crippen molar-refractivity contribution in [1.29, 1.82) is 0 Å². The van der Waals surface area contributed by atoms with Crippen LogP contribution in [0.2, 0.25) is 5.02 Å². The first-order valence-electron chi connectivity index (χ1n) is 7.31. The largest absolute Gasteiger partial charge is 0.482 e. The van der Waals surface area contributed by atoms with E-state index in [0.29, 0.717) is 10.8 Å². The first kappa shape index (κ1) is 19.5. The Morgan fingerprint density at radius 1 is 1.08 bits per heavy atom. The fourth-order valence-electron chi connectivity index (χ4n) is 1.84. The minimum atomic E-state index is -3.03. The Labute approximate surface area is 152 Å². The maximum absolute atomic E-state index is 12.3. The molecule has 0 aliphatic carbocycles. The normalized spacial score (nSPS) is 10.3. The molecule has 2 aromatic carbocycles. The molecule has 9 heteroatoms. The number of ether oxygens (including phenoxy) is 3. The molecule has 0 aromatic heterocycles. The predicted molar refractivity (Wildman–Crippen MR) is 89.6 cm³/mol. The number of amides is 1. The molecular formula is C17H14ClF2NO5. The van der Waals surface area contributed by atoms with Crippen LogP contribution in [0.4, 0.5) is 14.5 Å². The van der Waals surface area contributed by atoms with E-state index >= 15 is 0 Å². The Balaban J connectivity index is 1.79. The molecule has 0 aliphatic rings. The minimum Gasteiger partial charge on any atom is -0.482 e. The van der Waals surface area contributed by atoms with Gasteiger partial charge < -0.3 is 19.5 Å². The number of alkyl halides is 2. The summed E-state index contributed by atoms with van der Waals surface area (Å²) in [5.41, 5.74) is 0.0315. The van der Waals surface area contributed by atoms with E-state index in [0.717, 1.165) is 0 Å². The summed E-state index contributed by atoms with van der Waals surface area (Å²) < 4.78 is 38.8. The first-order chi connectivity index (χ1) is 12.4. The zero-order valence-corrected chi connectivity index (χ0v) is 14.0. The Kier molecular flexibility index (Phi) is 7.16. The molecular weight excluding hydrogens is 372 g/mol. The molecule has 1 amide bonds. The van der Waals surface area contributed by atoms with E-state index in [1.807, 2.05) is 0 Å². The van der Waals surface area contributed by atoms with Crippen molar-refractivity contribution in [3.63, 3.8) is 0 Å². The van der Waals surface area contributed by atoms with Crippen LogP contribution in [0.1, 0.15) is 0 Å². The Bertz CT molecular complexity index is 772. The van der Waals surface area contributed by atoms with Gasteiger partial charge in [-0.3, -0.25) is 4.79 Å². The van der Waals surface area contributed by atoms with Gasteiger partial charge >= 0.3 is 12.6 Å². The Morgan fingerprint density at radius 2 is 1.85 bits per heavy atom. The number of nitrogens with one attached hydrogen (secondary N) is 1. The zero-order valence-electron chi connectivity index (χ0n) is 13.3. The third-order valence-corrected chi connectivity index (χ3v) is 3.13. The van der Waals surface area contributed by atoms with E-state index in [9.17, 15) is 18.4 Å². The lowest BCUT2D eigenvalue weighted by atomic mass is 10.3. The molecule has 0 bridgehead atoms.